The second kappa shape index (κ2) is 7.06. The highest BCUT2D eigenvalue weighted by molar-refractivity contribution is 7.71. The van der Waals surface area contributed by atoms with E-state index in [9.17, 15) is 0 Å². The first-order valence-corrected chi connectivity index (χ1v) is 8.88. The van der Waals surface area contributed by atoms with E-state index < -0.39 is 0 Å². The van der Waals surface area contributed by atoms with Gasteiger partial charge in [0.15, 0.2) is 5.82 Å². The number of nitrogens with zero attached hydrogens (tertiary/aromatic N) is 6. The Balaban J connectivity index is 1.71. The van der Waals surface area contributed by atoms with Crippen molar-refractivity contribution in [3.05, 3.63) is 52.7 Å². The molecule has 8 heteroatoms. The molecule has 26 heavy (non-hydrogen) atoms. The van der Waals surface area contributed by atoms with Gasteiger partial charge in [-0.05, 0) is 25.1 Å². The Morgan fingerprint density at radius 2 is 2.15 bits per heavy atom. The molecule has 0 radical (unpaired) electrons. The fourth-order valence-corrected chi connectivity index (χ4v) is 2.96. The Labute approximate surface area is 155 Å². The van der Waals surface area contributed by atoms with Crippen LogP contribution in [0.25, 0.3) is 11.3 Å². The van der Waals surface area contributed by atoms with E-state index in [-0.39, 0.29) is 0 Å². The van der Waals surface area contributed by atoms with E-state index in [0.717, 1.165) is 35.5 Å². The zero-order valence-electron chi connectivity index (χ0n) is 14.0. The third-order valence-electron chi connectivity index (χ3n) is 4.22. The Morgan fingerprint density at radius 3 is 2.88 bits per heavy atom. The molecule has 1 aromatic carbocycles. The summed E-state index contributed by atoms with van der Waals surface area (Å²) in [5, 5.41) is 25.1. The molecule has 2 aromatic heterocycles. The first-order valence-electron chi connectivity index (χ1n) is 8.48. The Bertz CT molecular complexity index is 1030. The average Bonchev–Trinajstić information content (AvgIpc) is 3.33. The molecule has 0 atom stereocenters. The molecule has 7 nitrogen and oxygen atoms in total. The third kappa shape index (κ3) is 3.34. The molecule has 1 N–H and O–H groups in total. The second-order valence-corrected chi connectivity index (χ2v) is 6.57. The van der Waals surface area contributed by atoms with Crippen LogP contribution in [0.1, 0.15) is 36.6 Å². The van der Waals surface area contributed by atoms with Crippen LogP contribution >= 0.6 is 12.2 Å². The van der Waals surface area contributed by atoms with Gasteiger partial charge in [0.1, 0.15) is 5.69 Å². The van der Waals surface area contributed by atoms with E-state index in [4.69, 9.17) is 17.5 Å². The maximum Gasteiger partial charge on any atom is 0.216 e. The van der Waals surface area contributed by atoms with Gasteiger partial charge in [-0.25, -0.2) is 0 Å². The first-order chi connectivity index (χ1) is 12.8. The molecular formula is C18H17N7S. The van der Waals surface area contributed by atoms with Crippen LogP contribution in [0.15, 0.2) is 41.6 Å². The van der Waals surface area contributed by atoms with Gasteiger partial charge in [-0.3, -0.25) is 9.78 Å². The van der Waals surface area contributed by atoms with E-state index in [1.807, 2.05) is 36.5 Å². The van der Waals surface area contributed by atoms with Crippen LogP contribution < -0.4 is 0 Å². The second-order valence-electron chi connectivity index (χ2n) is 6.19. The number of nitrogens with one attached hydrogen (secondary N) is 1. The predicted molar refractivity (Wildman–Crippen MR) is 100 cm³/mol. The molecule has 2 heterocycles. The van der Waals surface area contributed by atoms with Gasteiger partial charge in [-0.1, -0.05) is 30.3 Å². The summed E-state index contributed by atoms with van der Waals surface area (Å²) in [6.07, 6.45) is 6.32. The van der Waals surface area contributed by atoms with Gasteiger partial charge in [0, 0.05) is 23.2 Å². The molecular weight excluding hydrogens is 346 g/mol. The molecule has 0 saturated heterocycles. The fourth-order valence-electron chi connectivity index (χ4n) is 2.77. The van der Waals surface area contributed by atoms with Crippen LogP contribution in [-0.2, 0) is 6.54 Å². The van der Waals surface area contributed by atoms with Gasteiger partial charge in [-0.15, -0.1) is 0 Å². The van der Waals surface area contributed by atoms with E-state index in [0.29, 0.717) is 23.7 Å². The average molecular weight is 363 g/mol. The van der Waals surface area contributed by atoms with Gasteiger partial charge in [0.2, 0.25) is 4.77 Å². The van der Waals surface area contributed by atoms with Crippen LogP contribution in [0, 0.1) is 16.1 Å². The molecule has 0 aliphatic heterocycles. The number of hydrogen-bond donors (Lipinski definition) is 1. The number of hydrogen-bond acceptors (Lipinski definition) is 5. The van der Waals surface area contributed by atoms with Crippen molar-refractivity contribution < 1.29 is 0 Å². The predicted octanol–water partition coefficient (Wildman–Crippen LogP) is 3.48. The third-order valence-corrected chi connectivity index (χ3v) is 4.48. The van der Waals surface area contributed by atoms with Crippen LogP contribution in [0.4, 0.5) is 0 Å². The molecule has 3 aromatic rings. The quantitative estimate of drug-likeness (QED) is 0.536. The zero-order valence-corrected chi connectivity index (χ0v) is 14.9. The molecule has 1 aliphatic rings. The summed E-state index contributed by atoms with van der Waals surface area (Å²) in [5.41, 5.74) is 2.71. The molecule has 0 unspecified atom stereocenters. The number of nitriles is 1. The van der Waals surface area contributed by atoms with E-state index >= 15 is 0 Å². The maximum atomic E-state index is 8.83. The van der Waals surface area contributed by atoms with Crippen LogP contribution in [0.5, 0.6) is 0 Å². The van der Waals surface area contributed by atoms with Gasteiger partial charge in [-0.2, -0.15) is 25.2 Å². The first kappa shape index (κ1) is 16.4. The summed E-state index contributed by atoms with van der Waals surface area (Å²) in [6.45, 7) is 0.544. The lowest BCUT2D eigenvalue weighted by molar-refractivity contribution is 0.629. The van der Waals surface area contributed by atoms with Crippen molar-refractivity contribution in [2.45, 2.75) is 31.7 Å². The maximum absolute atomic E-state index is 8.83. The number of benzene rings is 1. The lowest BCUT2D eigenvalue weighted by Crippen LogP contribution is -1.97. The van der Waals surface area contributed by atoms with Crippen LogP contribution in [0.3, 0.4) is 0 Å². The largest absolute Gasteiger partial charge is 0.270 e. The number of aromatic amines is 1. The highest BCUT2D eigenvalue weighted by atomic mass is 32.1. The lowest BCUT2D eigenvalue weighted by Gasteiger charge is -1.99. The van der Waals surface area contributed by atoms with Crippen molar-refractivity contribution in [3.63, 3.8) is 0 Å². The number of rotatable bonds is 6. The zero-order chi connectivity index (χ0) is 17.9. The highest BCUT2D eigenvalue weighted by Crippen LogP contribution is 2.38. The molecule has 0 spiro atoms. The minimum absolute atomic E-state index is 0.408. The summed E-state index contributed by atoms with van der Waals surface area (Å²) in [6, 6.07) is 12.1. The topological polar surface area (TPSA) is 87.6 Å². The minimum Gasteiger partial charge on any atom is -0.270 e. The van der Waals surface area contributed by atoms with Crippen molar-refractivity contribution in [2.24, 2.45) is 5.10 Å². The minimum atomic E-state index is 0.408. The number of aryl methyl sites for hydroxylation is 1. The van der Waals surface area contributed by atoms with Crippen LogP contribution in [-0.4, -0.2) is 30.9 Å². The molecule has 1 saturated carbocycles. The monoisotopic (exact) mass is 363 g/mol. The van der Waals surface area contributed by atoms with Gasteiger partial charge < -0.3 is 0 Å². The molecule has 130 valence electrons. The molecule has 0 bridgehead atoms. The van der Waals surface area contributed by atoms with Crippen molar-refractivity contribution in [1.29, 1.82) is 5.26 Å². The van der Waals surface area contributed by atoms with E-state index in [1.54, 1.807) is 15.6 Å². The smallest absolute Gasteiger partial charge is 0.216 e. The molecule has 1 fully saturated rings. The normalized spacial score (nSPS) is 14.0. The summed E-state index contributed by atoms with van der Waals surface area (Å²) < 4.78 is 3.96. The molecule has 1 aliphatic carbocycles. The van der Waals surface area contributed by atoms with Crippen molar-refractivity contribution in [3.8, 4) is 17.3 Å². The van der Waals surface area contributed by atoms with Crippen molar-refractivity contribution >= 4 is 18.4 Å². The van der Waals surface area contributed by atoms with E-state index in [2.05, 4.69) is 26.5 Å². The van der Waals surface area contributed by atoms with Gasteiger partial charge >= 0.3 is 0 Å². The van der Waals surface area contributed by atoms with E-state index in [1.165, 1.54) is 0 Å². The number of H-pyrrole nitrogens is 1. The Kier molecular flexibility index (Phi) is 4.46. The Morgan fingerprint density at radius 1 is 1.35 bits per heavy atom. The fraction of sp³-hybridized carbons (Fsp3) is 0.278. The summed E-state index contributed by atoms with van der Waals surface area (Å²) in [7, 11) is 0. The molecule has 4 rings (SSSR count). The highest BCUT2D eigenvalue weighted by Gasteiger charge is 2.29. The Hall–Kier alpha value is -3.05. The summed E-state index contributed by atoms with van der Waals surface area (Å²) in [4.78, 5) is 0. The summed E-state index contributed by atoms with van der Waals surface area (Å²) >= 11 is 5.30. The number of aromatic nitrogens is 5. The van der Waals surface area contributed by atoms with Crippen molar-refractivity contribution in [2.75, 3.05) is 0 Å². The molecule has 0 amide bonds. The van der Waals surface area contributed by atoms with Gasteiger partial charge in [0.05, 0.1) is 25.2 Å². The summed E-state index contributed by atoms with van der Waals surface area (Å²) in [5.74, 6) is 1.32. The van der Waals surface area contributed by atoms with Crippen molar-refractivity contribution in [1.82, 2.24) is 24.7 Å². The SMILES string of the molecule is N#CCCn1cc(/C=N\n2c(C3CC3)n[nH]c2=S)c(-c2ccccc2)n1. The standard InChI is InChI=1S/C18H17N7S/c19-9-4-10-24-12-15(16(23-24)13-5-2-1-3-6-13)11-20-25-17(14-7-8-14)21-22-18(25)26/h1-3,5-6,11-12,14H,4,7-8,10H2,(H,22,26)/b20-11-. The van der Waals surface area contributed by atoms with Gasteiger partial charge in [0.25, 0.3) is 0 Å². The van der Waals surface area contributed by atoms with Crippen LogP contribution in [0.2, 0.25) is 0 Å². The lowest BCUT2D eigenvalue weighted by atomic mass is 10.1.